The second-order valence-electron chi connectivity index (χ2n) is 5.72. The van der Waals surface area contributed by atoms with Gasteiger partial charge in [0.25, 0.3) is 0 Å². The first kappa shape index (κ1) is 17.7. The maximum Gasteiger partial charge on any atom is 0.227 e. The summed E-state index contributed by atoms with van der Waals surface area (Å²) in [5.74, 6) is -0.178. The van der Waals surface area contributed by atoms with Crippen LogP contribution in [0.5, 0.6) is 0 Å². The Morgan fingerprint density at radius 1 is 1.19 bits per heavy atom. The Hall–Kier alpha value is -1.40. The van der Waals surface area contributed by atoms with E-state index in [0.717, 1.165) is 12.0 Å². The average Bonchev–Trinajstić information content (AvgIpc) is 2.36. The highest BCUT2D eigenvalue weighted by Gasteiger charge is 2.15. The number of benzene rings is 1. The molecule has 118 valence electrons. The van der Waals surface area contributed by atoms with Gasteiger partial charge in [0.05, 0.1) is 11.7 Å². The minimum absolute atomic E-state index is 0.0352. The third kappa shape index (κ3) is 6.73. The molecular formula is C15H24N2O3S. The van der Waals surface area contributed by atoms with E-state index < -0.39 is 10.0 Å². The number of sulfonamides is 1. The summed E-state index contributed by atoms with van der Waals surface area (Å²) in [6.45, 7) is 6.15. The number of hydrogen-bond acceptors (Lipinski definition) is 3. The first-order valence-corrected chi connectivity index (χ1v) is 8.77. The fourth-order valence-corrected chi connectivity index (χ4v) is 2.42. The summed E-state index contributed by atoms with van der Waals surface area (Å²) in [5, 5.41) is 7.47. The Morgan fingerprint density at radius 3 is 2.24 bits per heavy atom. The fourth-order valence-electron chi connectivity index (χ4n) is 2.03. The highest BCUT2D eigenvalue weighted by molar-refractivity contribution is 7.89. The van der Waals surface area contributed by atoms with Crippen LogP contribution in [0, 0.1) is 5.92 Å². The Kier molecular flexibility index (Phi) is 6.36. The maximum atomic E-state index is 11.9. The number of hydrogen-bond donors (Lipinski definition) is 2. The highest BCUT2D eigenvalue weighted by atomic mass is 32.2. The van der Waals surface area contributed by atoms with Crippen LogP contribution in [0.4, 0.5) is 0 Å². The summed E-state index contributed by atoms with van der Waals surface area (Å²) in [6.07, 6.45) is 1.01. The van der Waals surface area contributed by atoms with E-state index in [4.69, 9.17) is 5.14 Å². The van der Waals surface area contributed by atoms with E-state index in [-0.39, 0.29) is 24.1 Å². The van der Waals surface area contributed by atoms with Crippen LogP contribution in [0.25, 0.3) is 0 Å². The monoisotopic (exact) mass is 312 g/mol. The van der Waals surface area contributed by atoms with Crippen LogP contribution in [0.1, 0.15) is 37.8 Å². The first-order valence-electron chi connectivity index (χ1n) is 7.06. The number of amides is 1. The minimum atomic E-state index is -3.54. The van der Waals surface area contributed by atoms with Gasteiger partial charge in [0, 0.05) is 6.54 Å². The van der Waals surface area contributed by atoms with Crippen molar-refractivity contribution in [3.8, 4) is 0 Å². The van der Waals surface area contributed by atoms with Gasteiger partial charge in [-0.25, -0.2) is 13.6 Å². The van der Waals surface area contributed by atoms with E-state index in [0.29, 0.717) is 5.92 Å². The van der Waals surface area contributed by atoms with Crippen molar-refractivity contribution in [2.45, 2.75) is 33.1 Å². The van der Waals surface area contributed by atoms with Crippen molar-refractivity contribution >= 4 is 15.9 Å². The molecule has 0 aromatic heterocycles. The Balaban J connectivity index is 2.57. The Morgan fingerprint density at radius 2 is 1.76 bits per heavy atom. The molecule has 1 aromatic rings. The molecule has 0 heterocycles. The van der Waals surface area contributed by atoms with E-state index in [1.165, 1.54) is 5.56 Å². The van der Waals surface area contributed by atoms with Gasteiger partial charge in [-0.15, -0.1) is 0 Å². The van der Waals surface area contributed by atoms with Gasteiger partial charge in [0.2, 0.25) is 15.9 Å². The minimum Gasteiger partial charge on any atom is -0.355 e. The van der Waals surface area contributed by atoms with Crippen LogP contribution < -0.4 is 10.5 Å². The molecule has 0 saturated carbocycles. The first-order chi connectivity index (χ1) is 9.69. The second-order valence-corrected chi connectivity index (χ2v) is 7.45. The molecule has 1 rings (SSSR count). The molecule has 6 heteroatoms. The summed E-state index contributed by atoms with van der Waals surface area (Å²) in [6, 6.07) is 7.95. The van der Waals surface area contributed by atoms with Gasteiger partial charge in [-0.3, -0.25) is 4.79 Å². The molecule has 0 radical (unpaired) electrons. The van der Waals surface area contributed by atoms with Crippen LogP contribution in [0.15, 0.2) is 24.3 Å². The third-order valence-electron chi connectivity index (χ3n) is 3.20. The van der Waals surface area contributed by atoms with Crippen molar-refractivity contribution < 1.29 is 13.2 Å². The number of carbonyl (C=O) groups is 1. The number of nitrogens with two attached hydrogens (primary N) is 1. The van der Waals surface area contributed by atoms with Crippen LogP contribution in [0.2, 0.25) is 0 Å². The predicted molar refractivity (Wildman–Crippen MR) is 84.4 cm³/mol. The zero-order chi connectivity index (χ0) is 16.0. The second kappa shape index (κ2) is 7.56. The Labute approximate surface area is 127 Å². The smallest absolute Gasteiger partial charge is 0.227 e. The van der Waals surface area contributed by atoms with Crippen LogP contribution in [-0.4, -0.2) is 26.6 Å². The fraction of sp³-hybridized carbons (Fsp3) is 0.533. The molecular weight excluding hydrogens is 288 g/mol. The van der Waals surface area contributed by atoms with E-state index in [1.807, 2.05) is 24.3 Å². The maximum absolute atomic E-state index is 11.9. The lowest BCUT2D eigenvalue weighted by molar-refractivity contribution is -0.122. The van der Waals surface area contributed by atoms with Gasteiger partial charge < -0.3 is 5.32 Å². The summed E-state index contributed by atoms with van der Waals surface area (Å²) < 4.78 is 21.6. The lowest BCUT2D eigenvalue weighted by Gasteiger charge is -2.13. The molecule has 0 aliphatic carbocycles. The quantitative estimate of drug-likeness (QED) is 0.797. The molecule has 0 aliphatic rings. The molecule has 21 heavy (non-hydrogen) atoms. The molecule has 5 nitrogen and oxygen atoms in total. The molecule has 0 saturated heterocycles. The number of primary sulfonamides is 1. The van der Waals surface area contributed by atoms with Crippen molar-refractivity contribution in [2.24, 2.45) is 11.1 Å². The van der Waals surface area contributed by atoms with Gasteiger partial charge in [0.1, 0.15) is 0 Å². The topological polar surface area (TPSA) is 89.3 Å². The number of rotatable bonds is 7. The van der Waals surface area contributed by atoms with Crippen molar-refractivity contribution in [2.75, 3.05) is 12.3 Å². The zero-order valence-electron chi connectivity index (χ0n) is 12.8. The number of carbonyl (C=O) groups excluding carboxylic acids is 1. The normalized spacial score (nSPS) is 13.2. The van der Waals surface area contributed by atoms with Crippen molar-refractivity contribution in [1.29, 1.82) is 0 Å². The molecule has 1 amide bonds. The number of nitrogens with one attached hydrogen (secondary N) is 1. The van der Waals surface area contributed by atoms with Gasteiger partial charge in [0.15, 0.2) is 0 Å². The van der Waals surface area contributed by atoms with Crippen LogP contribution in [0.3, 0.4) is 0 Å². The molecule has 1 aromatic carbocycles. The molecule has 0 unspecified atom stereocenters. The largest absolute Gasteiger partial charge is 0.355 e. The van der Waals surface area contributed by atoms with E-state index in [9.17, 15) is 13.2 Å². The lowest BCUT2D eigenvalue weighted by Crippen LogP contribution is -2.33. The van der Waals surface area contributed by atoms with Gasteiger partial charge in [-0.2, -0.15) is 0 Å². The lowest BCUT2D eigenvalue weighted by atomic mass is 9.96. The van der Waals surface area contributed by atoms with Crippen molar-refractivity contribution in [3.05, 3.63) is 35.4 Å². The van der Waals surface area contributed by atoms with Crippen LogP contribution in [-0.2, 0) is 21.2 Å². The summed E-state index contributed by atoms with van der Waals surface area (Å²) in [4.78, 5) is 11.9. The zero-order valence-corrected chi connectivity index (χ0v) is 13.6. The molecule has 0 spiro atoms. The SMILES string of the molecule is CC(C)Cc1ccc([C@@H](C)C(=O)NCCS(N)(=O)=O)cc1. The summed E-state index contributed by atoms with van der Waals surface area (Å²) in [5.41, 5.74) is 2.16. The van der Waals surface area contributed by atoms with Gasteiger partial charge in [-0.1, -0.05) is 38.1 Å². The van der Waals surface area contributed by atoms with Crippen LogP contribution >= 0.6 is 0 Å². The molecule has 3 N–H and O–H groups in total. The standard InChI is InChI=1S/C15H24N2O3S/c1-11(2)10-13-4-6-14(7-5-13)12(3)15(18)17-8-9-21(16,19)20/h4-7,11-12H,8-10H2,1-3H3,(H,17,18)(H2,16,19,20)/t12-/m1/s1. The molecule has 0 bridgehead atoms. The summed E-state index contributed by atoms with van der Waals surface area (Å²) >= 11 is 0. The van der Waals surface area contributed by atoms with Crippen molar-refractivity contribution in [3.63, 3.8) is 0 Å². The van der Waals surface area contributed by atoms with Gasteiger partial charge >= 0.3 is 0 Å². The van der Waals surface area contributed by atoms with Crippen molar-refractivity contribution in [1.82, 2.24) is 5.32 Å². The van der Waals surface area contributed by atoms with E-state index in [1.54, 1.807) is 6.92 Å². The Bertz CT molecular complexity index is 565. The highest BCUT2D eigenvalue weighted by Crippen LogP contribution is 2.17. The third-order valence-corrected chi connectivity index (χ3v) is 3.98. The van der Waals surface area contributed by atoms with Gasteiger partial charge in [-0.05, 0) is 30.4 Å². The summed E-state index contributed by atoms with van der Waals surface area (Å²) in [7, 11) is -3.54. The predicted octanol–water partition coefficient (Wildman–Crippen LogP) is 1.39. The molecule has 1 atom stereocenters. The van der Waals surface area contributed by atoms with E-state index >= 15 is 0 Å². The molecule has 0 aliphatic heterocycles. The average molecular weight is 312 g/mol. The molecule has 0 fully saturated rings. The van der Waals surface area contributed by atoms with E-state index in [2.05, 4.69) is 19.2 Å².